The molecule has 0 aliphatic heterocycles. The van der Waals surface area contributed by atoms with Crippen LogP contribution in [0.4, 0.5) is 13.2 Å². The summed E-state index contributed by atoms with van der Waals surface area (Å²) in [6.07, 6.45) is -4.70. The number of alkyl halides is 3. The van der Waals surface area contributed by atoms with Gasteiger partial charge in [0.25, 0.3) is 0 Å². The second-order valence-corrected chi connectivity index (χ2v) is 5.60. The normalized spacial score (nSPS) is 11.7. The van der Waals surface area contributed by atoms with Crippen LogP contribution in [-0.4, -0.2) is 15.6 Å². The Hall–Kier alpha value is -1.63. The number of Topliss-reactive ketones (excluding diaryl/α,β-unsaturated/α-hetero) is 1. The van der Waals surface area contributed by atoms with E-state index in [1.54, 1.807) is 20.0 Å². The highest BCUT2D eigenvalue weighted by molar-refractivity contribution is 9.10. The van der Waals surface area contributed by atoms with Crippen LogP contribution in [0.25, 0.3) is 0 Å². The number of aromatic nitrogens is 2. The molecule has 1 aromatic heterocycles. The molecule has 0 saturated heterocycles. The third-order valence-corrected chi connectivity index (χ3v) is 3.52. The zero-order valence-corrected chi connectivity index (χ0v) is 12.9. The molecule has 1 heterocycles. The highest BCUT2D eigenvalue weighted by Gasteiger charge is 2.35. The summed E-state index contributed by atoms with van der Waals surface area (Å²) in [5.74, 6) is -0.585. The quantitative estimate of drug-likeness (QED) is 0.777. The van der Waals surface area contributed by atoms with Crippen molar-refractivity contribution in [3.8, 4) is 0 Å². The van der Waals surface area contributed by atoms with Crippen molar-refractivity contribution < 1.29 is 18.0 Å². The van der Waals surface area contributed by atoms with Crippen LogP contribution < -0.4 is 0 Å². The Morgan fingerprint density at radius 2 is 2.00 bits per heavy atom. The maximum atomic E-state index is 13.0. The molecule has 2 aromatic rings. The lowest BCUT2D eigenvalue weighted by Gasteiger charge is -2.12. The predicted octanol–water partition coefficient (Wildman–Crippen LogP) is 3.94. The Morgan fingerprint density at radius 3 is 2.52 bits per heavy atom. The number of carbonyl (C=O) groups is 1. The molecule has 3 nitrogen and oxygen atoms in total. The Bertz CT molecular complexity index is 692. The molecule has 0 spiro atoms. The van der Waals surface area contributed by atoms with E-state index in [0.717, 1.165) is 6.07 Å². The summed E-state index contributed by atoms with van der Waals surface area (Å²) < 4.78 is 40.8. The number of hydrogen-bond donors (Lipinski definition) is 0. The first-order valence-corrected chi connectivity index (χ1v) is 6.87. The van der Waals surface area contributed by atoms with Gasteiger partial charge < -0.3 is 0 Å². The first-order chi connectivity index (χ1) is 9.68. The number of carbonyl (C=O) groups excluding carboxylic acids is 1. The molecule has 21 heavy (non-hydrogen) atoms. The van der Waals surface area contributed by atoms with Crippen LogP contribution in [0.1, 0.15) is 27.3 Å². The van der Waals surface area contributed by atoms with Gasteiger partial charge in [0, 0.05) is 22.8 Å². The van der Waals surface area contributed by atoms with Crippen LogP contribution in [0, 0.1) is 6.92 Å². The minimum atomic E-state index is -4.57. The highest BCUT2D eigenvalue weighted by atomic mass is 79.9. The van der Waals surface area contributed by atoms with Gasteiger partial charge in [-0.1, -0.05) is 15.9 Å². The molecule has 1 aromatic carbocycles. The fourth-order valence-corrected chi connectivity index (χ4v) is 2.44. The van der Waals surface area contributed by atoms with Crippen molar-refractivity contribution in [2.45, 2.75) is 19.5 Å². The average Bonchev–Trinajstić information content (AvgIpc) is 2.66. The van der Waals surface area contributed by atoms with E-state index in [2.05, 4.69) is 21.0 Å². The molecule has 0 atom stereocenters. The third kappa shape index (κ3) is 3.53. The first-order valence-electron chi connectivity index (χ1n) is 6.08. The van der Waals surface area contributed by atoms with Crippen LogP contribution in [0.2, 0.25) is 0 Å². The van der Waals surface area contributed by atoms with Gasteiger partial charge >= 0.3 is 6.18 Å². The molecule has 112 valence electrons. The van der Waals surface area contributed by atoms with Crippen molar-refractivity contribution in [1.82, 2.24) is 9.78 Å². The fraction of sp³-hybridized carbons (Fsp3) is 0.286. The fourth-order valence-electron chi connectivity index (χ4n) is 2.08. The lowest BCUT2D eigenvalue weighted by molar-refractivity contribution is -0.138. The summed E-state index contributed by atoms with van der Waals surface area (Å²) in [5.41, 5.74) is 0.0333. The molecule has 0 saturated carbocycles. The number of ketones is 1. The van der Waals surface area contributed by atoms with Gasteiger partial charge in [-0.25, -0.2) is 0 Å². The smallest absolute Gasteiger partial charge is 0.294 e. The number of aryl methyl sites for hydroxylation is 2. The van der Waals surface area contributed by atoms with Crippen LogP contribution in [-0.2, 0) is 19.6 Å². The van der Waals surface area contributed by atoms with E-state index in [1.807, 2.05) is 0 Å². The number of rotatable bonds is 3. The van der Waals surface area contributed by atoms with Crippen molar-refractivity contribution in [1.29, 1.82) is 0 Å². The van der Waals surface area contributed by atoms with Gasteiger partial charge in [0.05, 0.1) is 17.7 Å². The molecule has 0 amide bonds. The standard InChI is InChI=1S/C14H12BrF3N2O/c1-8-5-10(20(2)19-8)7-13(21)11-4-3-9(15)6-12(11)14(16,17)18/h3-6H,7H2,1-2H3. The van der Waals surface area contributed by atoms with E-state index in [1.165, 1.54) is 16.8 Å². The molecular weight excluding hydrogens is 349 g/mol. The highest BCUT2D eigenvalue weighted by Crippen LogP contribution is 2.34. The molecule has 0 radical (unpaired) electrons. The summed E-state index contributed by atoms with van der Waals surface area (Å²) in [6, 6.07) is 5.22. The van der Waals surface area contributed by atoms with E-state index in [-0.39, 0.29) is 16.5 Å². The molecule has 0 N–H and O–H groups in total. The van der Waals surface area contributed by atoms with Crippen LogP contribution >= 0.6 is 15.9 Å². The van der Waals surface area contributed by atoms with Gasteiger partial charge in [-0.3, -0.25) is 9.48 Å². The van der Waals surface area contributed by atoms with Crippen LogP contribution in [0.3, 0.4) is 0 Å². The van der Waals surface area contributed by atoms with Crippen molar-refractivity contribution in [2.75, 3.05) is 0 Å². The monoisotopic (exact) mass is 360 g/mol. The molecule has 0 bridgehead atoms. The molecule has 2 rings (SSSR count). The third-order valence-electron chi connectivity index (χ3n) is 3.03. The van der Waals surface area contributed by atoms with Crippen LogP contribution in [0.15, 0.2) is 28.7 Å². The Morgan fingerprint density at radius 1 is 1.33 bits per heavy atom. The lowest BCUT2D eigenvalue weighted by atomic mass is 10.00. The SMILES string of the molecule is Cc1cc(CC(=O)c2ccc(Br)cc2C(F)(F)F)n(C)n1. The Labute approximate surface area is 127 Å². The summed E-state index contributed by atoms with van der Waals surface area (Å²) in [4.78, 5) is 12.2. The lowest BCUT2D eigenvalue weighted by Crippen LogP contribution is -2.15. The van der Waals surface area contributed by atoms with Gasteiger partial charge in [-0.15, -0.1) is 0 Å². The van der Waals surface area contributed by atoms with Crippen molar-refractivity contribution in [2.24, 2.45) is 7.05 Å². The largest absolute Gasteiger partial charge is 0.417 e. The predicted molar refractivity (Wildman–Crippen MR) is 75.1 cm³/mol. The van der Waals surface area contributed by atoms with Crippen molar-refractivity contribution in [3.63, 3.8) is 0 Å². The zero-order valence-electron chi connectivity index (χ0n) is 11.3. The number of halogens is 4. The Kier molecular flexibility index (Phi) is 4.22. The minimum absolute atomic E-state index is 0.123. The van der Waals surface area contributed by atoms with Gasteiger partial charge in [-0.05, 0) is 31.2 Å². The summed E-state index contributed by atoms with van der Waals surface area (Å²) in [7, 11) is 1.65. The second kappa shape index (κ2) is 5.63. The maximum Gasteiger partial charge on any atom is 0.417 e. The van der Waals surface area contributed by atoms with Gasteiger partial charge in [0.15, 0.2) is 5.78 Å². The molecular formula is C14H12BrF3N2O. The van der Waals surface area contributed by atoms with Gasteiger partial charge in [-0.2, -0.15) is 18.3 Å². The van der Waals surface area contributed by atoms with E-state index in [4.69, 9.17) is 0 Å². The Balaban J connectivity index is 2.38. The van der Waals surface area contributed by atoms with E-state index < -0.39 is 17.5 Å². The van der Waals surface area contributed by atoms with E-state index in [9.17, 15) is 18.0 Å². The number of hydrogen-bond acceptors (Lipinski definition) is 2. The van der Waals surface area contributed by atoms with Crippen molar-refractivity contribution in [3.05, 3.63) is 51.3 Å². The summed E-state index contributed by atoms with van der Waals surface area (Å²) >= 11 is 2.99. The van der Waals surface area contributed by atoms with Crippen LogP contribution in [0.5, 0.6) is 0 Å². The number of benzene rings is 1. The second-order valence-electron chi connectivity index (χ2n) is 4.69. The molecule has 0 aliphatic rings. The maximum absolute atomic E-state index is 13.0. The molecule has 0 fully saturated rings. The van der Waals surface area contributed by atoms with Gasteiger partial charge in [0.1, 0.15) is 0 Å². The summed E-state index contributed by atoms with van der Waals surface area (Å²) in [6.45, 7) is 1.76. The topological polar surface area (TPSA) is 34.9 Å². The summed E-state index contributed by atoms with van der Waals surface area (Å²) in [5, 5.41) is 4.08. The zero-order chi connectivity index (χ0) is 15.8. The minimum Gasteiger partial charge on any atom is -0.294 e. The van der Waals surface area contributed by atoms with E-state index in [0.29, 0.717) is 11.4 Å². The molecule has 7 heteroatoms. The van der Waals surface area contributed by atoms with E-state index >= 15 is 0 Å². The first kappa shape index (κ1) is 15.8. The molecule has 0 unspecified atom stereocenters. The molecule has 0 aliphatic carbocycles. The van der Waals surface area contributed by atoms with Gasteiger partial charge in [0.2, 0.25) is 0 Å². The van der Waals surface area contributed by atoms with Crippen molar-refractivity contribution >= 4 is 21.7 Å². The average molecular weight is 361 g/mol. The number of nitrogens with zero attached hydrogens (tertiary/aromatic N) is 2.